The molecule has 1 aromatic heterocycles. The number of rotatable bonds is 9. The smallest absolute Gasteiger partial charge is 0.324 e. The summed E-state index contributed by atoms with van der Waals surface area (Å²) in [5.74, 6) is -0.374. The molecule has 1 atom stereocenters. The van der Waals surface area contributed by atoms with Crippen molar-refractivity contribution in [3.8, 4) is 0 Å². The first-order valence-electron chi connectivity index (χ1n) is 11.5. The number of fused-ring (bicyclic) bond motifs is 1. The molecule has 0 spiro atoms. The molecule has 8 nitrogen and oxygen atoms in total. The number of urea groups is 1. The second-order valence-corrected chi connectivity index (χ2v) is 9.07. The van der Waals surface area contributed by atoms with Gasteiger partial charge in [0.2, 0.25) is 5.91 Å². The summed E-state index contributed by atoms with van der Waals surface area (Å²) in [6.07, 6.45) is 3.98. The number of imide groups is 1. The predicted molar refractivity (Wildman–Crippen MR) is 133 cm³/mol. The van der Waals surface area contributed by atoms with E-state index in [2.05, 4.69) is 52.9 Å². The van der Waals surface area contributed by atoms with Crippen molar-refractivity contribution in [1.82, 2.24) is 20.1 Å². The van der Waals surface area contributed by atoms with Crippen LogP contribution in [0.4, 0.5) is 10.5 Å². The van der Waals surface area contributed by atoms with Gasteiger partial charge >= 0.3 is 6.03 Å². The molecule has 4 rings (SSSR count). The SMILES string of the molecule is CC(=O)Nc1cccc(CC2NC(=O)N(CCc3ccc4[nH]cc(CCN(C)C)c4c3)C2=O)c1. The maximum atomic E-state index is 12.9. The number of amides is 4. The molecule has 8 heteroatoms. The third-order valence-corrected chi connectivity index (χ3v) is 6.08. The van der Waals surface area contributed by atoms with Crippen LogP contribution in [0.2, 0.25) is 0 Å². The summed E-state index contributed by atoms with van der Waals surface area (Å²) < 4.78 is 0. The lowest BCUT2D eigenvalue weighted by Crippen LogP contribution is -2.33. The highest BCUT2D eigenvalue weighted by Crippen LogP contribution is 2.22. The molecule has 0 bridgehead atoms. The van der Waals surface area contributed by atoms with E-state index in [1.165, 1.54) is 22.8 Å². The van der Waals surface area contributed by atoms with Gasteiger partial charge in [-0.05, 0) is 67.9 Å². The fourth-order valence-electron chi connectivity index (χ4n) is 4.31. The largest absolute Gasteiger partial charge is 0.361 e. The van der Waals surface area contributed by atoms with Gasteiger partial charge in [0.15, 0.2) is 0 Å². The van der Waals surface area contributed by atoms with Crippen molar-refractivity contribution in [3.63, 3.8) is 0 Å². The van der Waals surface area contributed by atoms with Crippen molar-refractivity contribution in [2.45, 2.75) is 32.2 Å². The number of carbonyl (C=O) groups is 3. The molecular formula is C26H31N5O3. The molecule has 2 heterocycles. The van der Waals surface area contributed by atoms with Crippen molar-refractivity contribution in [2.75, 3.05) is 32.5 Å². The van der Waals surface area contributed by atoms with Gasteiger partial charge in [-0.2, -0.15) is 0 Å². The quantitative estimate of drug-likeness (QED) is 0.427. The Balaban J connectivity index is 1.39. The third kappa shape index (κ3) is 5.46. The maximum absolute atomic E-state index is 12.9. The Labute approximate surface area is 199 Å². The monoisotopic (exact) mass is 461 g/mol. The van der Waals surface area contributed by atoms with Crippen molar-refractivity contribution in [2.24, 2.45) is 0 Å². The van der Waals surface area contributed by atoms with E-state index in [4.69, 9.17) is 0 Å². The molecule has 1 aliphatic heterocycles. The molecule has 0 aliphatic carbocycles. The number of nitrogens with zero attached hydrogens (tertiary/aromatic N) is 2. The topological polar surface area (TPSA) is 97.5 Å². The van der Waals surface area contributed by atoms with Gasteiger partial charge in [0.25, 0.3) is 5.91 Å². The molecule has 3 aromatic rings. The van der Waals surface area contributed by atoms with Crippen molar-refractivity contribution >= 4 is 34.4 Å². The van der Waals surface area contributed by atoms with E-state index in [1.807, 2.05) is 24.3 Å². The second kappa shape index (κ2) is 10.1. The van der Waals surface area contributed by atoms with Crippen LogP contribution in [0.25, 0.3) is 10.9 Å². The van der Waals surface area contributed by atoms with Crippen LogP contribution in [0.1, 0.15) is 23.6 Å². The number of carbonyl (C=O) groups excluding carboxylic acids is 3. The van der Waals surface area contributed by atoms with E-state index in [0.29, 0.717) is 25.1 Å². The van der Waals surface area contributed by atoms with Gasteiger partial charge in [0.05, 0.1) is 0 Å². The highest BCUT2D eigenvalue weighted by atomic mass is 16.2. The standard InChI is InChI=1S/C26H31N5O3/c1-17(32)28-21-6-4-5-19(13-21)15-24-25(33)31(26(34)29-24)12-9-18-7-8-23-22(14-18)20(16-27-23)10-11-30(2)3/h4-8,13-14,16,24,27H,9-12,15H2,1-3H3,(H,28,32)(H,29,34). The van der Waals surface area contributed by atoms with Crippen LogP contribution in [0.3, 0.4) is 0 Å². The number of hydrogen-bond donors (Lipinski definition) is 3. The zero-order valence-electron chi connectivity index (χ0n) is 19.9. The van der Waals surface area contributed by atoms with E-state index in [-0.39, 0.29) is 17.8 Å². The Bertz CT molecular complexity index is 1220. The number of H-pyrrole nitrogens is 1. The molecule has 1 fully saturated rings. The second-order valence-electron chi connectivity index (χ2n) is 9.07. The lowest BCUT2D eigenvalue weighted by atomic mass is 10.0. The molecule has 2 aromatic carbocycles. The van der Waals surface area contributed by atoms with Crippen LogP contribution in [0.5, 0.6) is 0 Å². The van der Waals surface area contributed by atoms with E-state index in [1.54, 1.807) is 6.07 Å². The van der Waals surface area contributed by atoms with Crippen LogP contribution in [-0.4, -0.2) is 65.9 Å². The zero-order chi connectivity index (χ0) is 24.2. The van der Waals surface area contributed by atoms with Gasteiger partial charge in [-0.1, -0.05) is 18.2 Å². The normalized spacial score (nSPS) is 15.9. The van der Waals surface area contributed by atoms with Crippen LogP contribution >= 0.6 is 0 Å². The Hall–Kier alpha value is -3.65. The highest BCUT2D eigenvalue weighted by Gasteiger charge is 2.37. The molecule has 0 radical (unpaired) electrons. The lowest BCUT2D eigenvalue weighted by Gasteiger charge is -2.14. The summed E-state index contributed by atoms with van der Waals surface area (Å²) in [4.78, 5) is 43.5. The highest BCUT2D eigenvalue weighted by molar-refractivity contribution is 6.04. The molecule has 1 aliphatic rings. The molecule has 1 saturated heterocycles. The molecule has 0 saturated carbocycles. The van der Waals surface area contributed by atoms with E-state index in [9.17, 15) is 14.4 Å². The summed E-state index contributed by atoms with van der Waals surface area (Å²) in [5, 5.41) is 6.73. The number of benzene rings is 2. The van der Waals surface area contributed by atoms with Gasteiger partial charge in [-0.3, -0.25) is 14.5 Å². The summed E-state index contributed by atoms with van der Waals surface area (Å²) >= 11 is 0. The molecule has 178 valence electrons. The molecule has 34 heavy (non-hydrogen) atoms. The van der Waals surface area contributed by atoms with Crippen molar-refractivity contribution < 1.29 is 14.4 Å². The average molecular weight is 462 g/mol. The Morgan fingerprint density at radius 3 is 2.68 bits per heavy atom. The van der Waals surface area contributed by atoms with Crippen LogP contribution in [-0.2, 0) is 28.9 Å². The van der Waals surface area contributed by atoms with Gasteiger partial charge < -0.3 is 20.5 Å². The molecule has 3 N–H and O–H groups in total. The van der Waals surface area contributed by atoms with Crippen molar-refractivity contribution in [3.05, 3.63) is 65.4 Å². The van der Waals surface area contributed by atoms with Gasteiger partial charge in [0.1, 0.15) is 6.04 Å². The zero-order valence-corrected chi connectivity index (χ0v) is 19.9. The number of likely N-dealkylation sites (N-methyl/N-ethyl adjacent to an activating group) is 1. The average Bonchev–Trinajstić information content (AvgIpc) is 3.30. The third-order valence-electron chi connectivity index (χ3n) is 6.08. The maximum Gasteiger partial charge on any atom is 0.324 e. The summed E-state index contributed by atoms with van der Waals surface area (Å²) in [7, 11) is 4.12. The van der Waals surface area contributed by atoms with Crippen LogP contribution in [0.15, 0.2) is 48.7 Å². The number of aromatic amines is 1. The molecular weight excluding hydrogens is 430 g/mol. The first-order valence-corrected chi connectivity index (χ1v) is 11.5. The van der Waals surface area contributed by atoms with E-state index >= 15 is 0 Å². The van der Waals surface area contributed by atoms with Crippen LogP contribution < -0.4 is 10.6 Å². The number of anilines is 1. The fraction of sp³-hybridized carbons (Fsp3) is 0.346. The summed E-state index contributed by atoms with van der Waals surface area (Å²) in [6.45, 7) is 2.74. The first kappa shape index (κ1) is 23.5. The van der Waals surface area contributed by atoms with E-state index < -0.39 is 6.04 Å². The number of aromatic nitrogens is 1. The Morgan fingerprint density at radius 2 is 1.91 bits per heavy atom. The van der Waals surface area contributed by atoms with Crippen LogP contribution in [0, 0.1) is 0 Å². The van der Waals surface area contributed by atoms with Gasteiger partial charge in [0, 0.05) is 49.2 Å². The first-order chi connectivity index (χ1) is 16.3. The summed E-state index contributed by atoms with van der Waals surface area (Å²) in [5.41, 5.74) is 4.99. The van der Waals surface area contributed by atoms with E-state index in [0.717, 1.165) is 29.6 Å². The minimum atomic E-state index is -0.607. The lowest BCUT2D eigenvalue weighted by molar-refractivity contribution is -0.127. The van der Waals surface area contributed by atoms with Crippen molar-refractivity contribution in [1.29, 1.82) is 0 Å². The number of nitrogens with one attached hydrogen (secondary N) is 3. The van der Waals surface area contributed by atoms with Gasteiger partial charge in [-0.25, -0.2) is 4.79 Å². The predicted octanol–water partition coefficient (Wildman–Crippen LogP) is 2.94. The summed E-state index contributed by atoms with van der Waals surface area (Å²) in [6, 6.07) is 12.6. The molecule has 4 amide bonds. The number of hydrogen-bond acceptors (Lipinski definition) is 4. The Morgan fingerprint density at radius 1 is 1.09 bits per heavy atom. The van der Waals surface area contributed by atoms with Gasteiger partial charge in [-0.15, -0.1) is 0 Å². The minimum Gasteiger partial charge on any atom is -0.361 e. The minimum absolute atomic E-state index is 0.156. The fourth-order valence-corrected chi connectivity index (χ4v) is 4.31. The molecule has 1 unspecified atom stereocenters. The Kier molecular flexibility index (Phi) is 6.98.